The molecule has 2 aromatic rings. The van der Waals surface area contributed by atoms with Gasteiger partial charge in [0.2, 0.25) is 5.91 Å². The molecule has 0 unspecified atom stereocenters. The molecule has 1 heterocycles. The van der Waals surface area contributed by atoms with Gasteiger partial charge >= 0.3 is 0 Å². The largest absolute Gasteiger partial charge is 0.326 e. The normalized spacial score (nSPS) is 15.7. The predicted molar refractivity (Wildman–Crippen MR) is 109 cm³/mol. The Labute approximate surface area is 160 Å². The van der Waals surface area contributed by atoms with Crippen LogP contribution >= 0.6 is 0 Å². The molecule has 0 aliphatic carbocycles. The molecule has 0 aromatic heterocycles. The molecule has 0 bridgehead atoms. The van der Waals surface area contributed by atoms with Gasteiger partial charge in [-0.3, -0.25) is 9.10 Å². The number of sulfonamides is 1. The van der Waals surface area contributed by atoms with E-state index in [2.05, 4.69) is 5.32 Å². The van der Waals surface area contributed by atoms with E-state index in [0.717, 1.165) is 16.7 Å². The summed E-state index contributed by atoms with van der Waals surface area (Å²) in [6.45, 7) is 9.15. The standard InChI is InChI=1S/C21H24N2O3S/c1-14-6-11-19-15(2)13-21(4,5)23(20(19)12-14)27(25,26)18-9-7-17(8-10-18)22-16(3)24/h6-13H,1-5H3,(H,22,24). The van der Waals surface area contributed by atoms with Gasteiger partial charge in [0.15, 0.2) is 0 Å². The molecule has 1 N–H and O–H groups in total. The summed E-state index contributed by atoms with van der Waals surface area (Å²) in [5.74, 6) is -0.201. The molecule has 142 valence electrons. The van der Waals surface area contributed by atoms with Crippen LogP contribution in [0, 0.1) is 6.92 Å². The van der Waals surface area contributed by atoms with Crippen molar-refractivity contribution in [3.05, 3.63) is 59.7 Å². The van der Waals surface area contributed by atoms with Gasteiger partial charge in [-0.2, -0.15) is 0 Å². The van der Waals surface area contributed by atoms with Gasteiger partial charge in [0.05, 0.1) is 16.1 Å². The second kappa shape index (κ2) is 6.53. The molecule has 0 saturated heterocycles. The summed E-state index contributed by atoms with van der Waals surface area (Å²) in [6, 6.07) is 12.1. The van der Waals surface area contributed by atoms with E-state index in [1.807, 2.05) is 52.0 Å². The van der Waals surface area contributed by atoms with Crippen LogP contribution in [-0.4, -0.2) is 19.9 Å². The number of nitrogens with zero attached hydrogens (tertiary/aromatic N) is 1. The van der Waals surface area contributed by atoms with Gasteiger partial charge in [-0.25, -0.2) is 8.42 Å². The van der Waals surface area contributed by atoms with Crippen LogP contribution in [-0.2, 0) is 14.8 Å². The maximum atomic E-state index is 13.5. The minimum atomic E-state index is -3.79. The van der Waals surface area contributed by atoms with Gasteiger partial charge in [-0.1, -0.05) is 18.2 Å². The fourth-order valence-electron chi connectivity index (χ4n) is 3.58. The summed E-state index contributed by atoms with van der Waals surface area (Å²) in [4.78, 5) is 11.4. The first-order valence-electron chi connectivity index (χ1n) is 8.76. The highest BCUT2D eigenvalue weighted by molar-refractivity contribution is 7.93. The maximum absolute atomic E-state index is 13.5. The van der Waals surface area contributed by atoms with Gasteiger partial charge in [0.25, 0.3) is 10.0 Å². The first-order valence-corrected chi connectivity index (χ1v) is 10.2. The third-order valence-electron chi connectivity index (χ3n) is 4.60. The second-order valence-electron chi connectivity index (χ2n) is 7.48. The van der Waals surface area contributed by atoms with E-state index in [0.29, 0.717) is 11.4 Å². The van der Waals surface area contributed by atoms with Crippen molar-refractivity contribution in [3.8, 4) is 0 Å². The highest BCUT2D eigenvalue weighted by Crippen LogP contribution is 2.42. The van der Waals surface area contributed by atoms with E-state index in [9.17, 15) is 13.2 Å². The first kappa shape index (κ1) is 19.2. The molecule has 0 saturated carbocycles. The highest BCUT2D eigenvalue weighted by atomic mass is 32.2. The van der Waals surface area contributed by atoms with E-state index in [1.165, 1.54) is 23.4 Å². The zero-order valence-corrected chi connectivity index (χ0v) is 17.0. The number of amides is 1. The van der Waals surface area contributed by atoms with Gasteiger partial charge in [-0.05, 0) is 69.2 Å². The third-order valence-corrected chi connectivity index (χ3v) is 6.62. The number of hydrogen-bond donors (Lipinski definition) is 1. The van der Waals surface area contributed by atoms with Crippen molar-refractivity contribution in [1.29, 1.82) is 0 Å². The van der Waals surface area contributed by atoms with Gasteiger partial charge < -0.3 is 5.32 Å². The number of carbonyl (C=O) groups is 1. The van der Waals surface area contributed by atoms with Crippen molar-refractivity contribution in [2.45, 2.75) is 45.1 Å². The fraction of sp³-hybridized carbons (Fsp3) is 0.286. The minimum absolute atomic E-state index is 0.185. The average Bonchev–Trinajstić information content (AvgIpc) is 2.53. The third kappa shape index (κ3) is 3.49. The fourth-order valence-corrected chi connectivity index (χ4v) is 5.35. The van der Waals surface area contributed by atoms with Crippen LogP contribution in [0.25, 0.3) is 5.57 Å². The molecule has 6 heteroatoms. The van der Waals surface area contributed by atoms with Gasteiger partial charge in [-0.15, -0.1) is 0 Å². The summed E-state index contributed by atoms with van der Waals surface area (Å²) in [6.07, 6.45) is 1.98. The number of nitrogens with one attached hydrogen (secondary N) is 1. The summed E-state index contributed by atoms with van der Waals surface area (Å²) in [5, 5.41) is 2.65. The average molecular weight is 385 g/mol. The van der Waals surface area contributed by atoms with Crippen LogP contribution in [0.3, 0.4) is 0 Å². The number of carbonyl (C=O) groups excluding carboxylic acids is 1. The van der Waals surface area contributed by atoms with Crippen molar-refractivity contribution < 1.29 is 13.2 Å². The number of hydrogen-bond acceptors (Lipinski definition) is 3. The first-order chi connectivity index (χ1) is 12.5. The Kier molecular flexibility index (Phi) is 4.64. The van der Waals surface area contributed by atoms with Crippen LogP contribution < -0.4 is 9.62 Å². The van der Waals surface area contributed by atoms with Crippen LogP contribution in [0.15, 0.2) is 53.4 Å². The number of aryl methyl sites for hydroxylation is 1. The zero-order valence-electron chi connectivity index (χ0n) is 16.2. The van der Waals surface area contributed by atoms with E-state index in [-0.39, 0.29) is 10.8 Å². The topological polar surface area (TPSA) is 66.5 Å². The van der Waals surface area contributed by atoms with Crippen molar-refractivity contribution in [2.75, 3.05) is 9.62 Å². The van der Waals surface area contributed by atoms with Crippen molar-refractivity contribution >= 4 is 32.9 Å². The van der Waals surface area contributed by atoms with Crippen LogP contribution in [0.5, 0.6) is 0 Å². The monoisotopic (exact) mass is 384 g/mol. The summed E-state index contributed by atoms with van der Waals surface area (Å²) < 4.78 is 28.5. The molecule has 1 aliphatic heterocycles. The molecule has 3 rings (SSSR count). The zero-order chi connectivity index (χ0) is 20.0. The highest BCUT2D eigenvalue weighted by Gasteiger charge is 2.40. The lowest BCUT2D eigenvalue weighted by Gasteiger charge is -2.42. The van der Waals surface area contributed by atoms with Crippen LogP contribution in [0.4, 0.5) is 11.4 Å². The summed E-state index contributed by atoms with van der Waals surface area (Å²) in [7, 11) is -3.79. The Hall–Kier alpha value is -2.60. The molecule has 27 heavy (non-hydrogen) atoms. The Morgan fingerprint density at radius 1 is 1.04 bits per heavy atom. The molecule has 1 amide bonds. The molecule has 2 aromatic carbocycles. The molecule has 0 atom stereocenters. The van der Waals surface area contributed by atoms with E-state index in [1.54, 1.807) is 12.1 Å². The minimum Gasteiger partial charge on any atom is -0.326 e. The van der Waals surface area contributed by atoms with Crippen LogP contribution in [0.1, 0.15) is 38.8 Å². The molecule has 5 nitrogen and oxygen atoms in total. The predicted octanol–water partition coefficient (Wildman–Crippen LogP) is 4.34. The molecular weight excluding hydrogens is 360 g/mol. The lowest BCUT2D eigenvalue weighted by Crippen LogP contribution is -2.48. The molecule has 0 fully saturated rings. The maximum Gasteiger partial charge on any atom is 0.265 e. The lowest BCUT2D eigenvalue weighted by atomic mass is 9.90. The van der Waals surface area contributed by atoms with Gasteiger partial charge in [0.1, 0.15) is 0 Å². The van der Waals surface area contributed by atoms with Gasteiger partial charge in [0, 0.05) is 18.2 Å². The second-order valence-corrected chi connectivity index (χ2v) is 9.26. The Bertz CT molecular complexity index is 1040. The molecule has 0 radical (unpaired) electrons. The molecule has 1 aliphatic rings. The number of benzene rings is 2. The van der Waals surface area contributed by atoms with E-state index < -0.39 is 15.6 Å². The van der Waals surface area contributed by atoms with Crippen LogP contribution in [0.2, 0.25) is 0 Å². The lowest BCUT2D eigenvalue weighted by molar-refractivity contribution is -0.114. The quantitative estimate of drug-likeness (QED) is 0.856. The van der Waals surface area contributed by atoms with Crippen molar-refractivity contribution in [1.82, 2.24) is 0 Å². The summed E-state index contributed by atoms with van der Waals surface area (Å²) >= 11 is 0. The number of rotatable bonds is 3. The van der Waals surface area contributed by atoms with Crippen molar-refractivity contribution in [2.24, 2.45) is 0 Å². The smallest absolute Gasteiger partial charge is 0.265 e. The Morgan fingerprint density at radius 2 is 1.67 bits per heavy atom. The summed E-state index contributed by atoms with van der Waals surface area (Å²) in [5.41, 5.74) is 3.51. The number of fused-ring (bicyclic) bond motifs is 1. The Balaban J connectivity index is 2.13. The molecule has 0 spiro atoms. The number of allylic oxidation sites excluding steroid dienone is 1. The number of anilines is 2. The Morgan fingerprint density at radius 3 is 2.26 bits per heavy atom. The SMILES string of the molecule is CC(=O)Nc1ccc(S(=O)(=O)N2c3cc(C)ccc3C(C)=CC2(C)C)cc1. The van der Waals surface area contributed by atoms with Crippen molar-refractivity contribution in [3.63, 3.8) is 0 Å². The van der Waals surface area contributed by atoms with E-state index in [4.69, 9.17) is 0 Å². The van der Waals surface area contributed by atoms with E-state index >= 15 is 0 Å². The molecular formula is C21H24N2O3S.